The van der Waals surface area contributed by atoms with Crippen LogP contribution < -0.4 is 21.2 Å². The van der Waals surface area contributed by atoms with E-state index in [1.54, 1.807) is 10.6 Å². The van der Waals surface area contributed by atoms with Gasteiger partial charge in [0.05, 0.1) is 0 Å². The molecule has 0 aliphatic heterocycles. The van der Waals surface area contributed by atoms with E-state index in [4.69, 9.17) is 0 Å². The van der Waals surface area contributed by atoms with E-state index >= 15 is 0 Å². The van der Waals surface area contributed by atoms with E-state index in [0.717, 1.165) is 0 Å². The molecule has 2 heteroatoms. The van der Waals surface area contributed by atoms with Crippen molar-refractivity contribution in [1.29, 1.82) is 0 Å². The summed E-state index contributed by atoms with van der Waals surface area (Å²) in [4.78, 5) is 0. The number of hydrogen-bond acceptors (Lipinski definition) is 0. The molecule has 2 atom stereocenters. The number of hydrogen-bond donors (Lipinski definition) is 0. The Labute approximate surface area is 209 Å². The van der Waals surface area contributed by atoms with Crippen molar-refractivity contribution in [3.8, 4) is 0 Å². The third kappa shape index (κ3) is 5.86. The average molecular weight is 483 g/mol. The predicted molar refractivity (Wildman–Crippen MR) is 156 cm³/mol. The Balaban J connectivity index is 1.75. The van der Waals surface area contributed by atoms with Crippen molar-refractivity contribution in [2.24, 2.45) is 0 Å². The van der Waals surface area contributed by atoms with E-state index in [1.807, 2.05) is 0 Å². The maximum atomic E-state index is 2.39. The number of benzene rings is 4. The normalized spacial score (nSPS) is 13.2. The fourth-order valence-corrected chi connectivity index (χ4v) is 10.7. The summed E-state index contributed by atoms with van der Waals surface area (Å²) in [6.45, 7) is 9.31. The first-order chi connectivity index (χ1) is 16.6. The Morgan fingerprint density at radius 1 is 0.441 bits per heavy atom. The molecular formula is C32H36P2. The summed E-state index contributed by atoms with van der Waals surface area (Å²) in [5.41, 5.74) is 3.01. The van der Waals surface area contributed by atoms with Crippen molar-refractivity contribution < 1.29 is 0 Å². The Bertz CT molecular complexity index is 1070. The standard InChI is InChI=1S/C32H36P2/c1-25(2)29-19-11-13-21-31(29)33(27-15-7-5-8-16-27)23-24-34(28-17-9-6-10-18-28)32-22-14-12-20-30(32)26(3)4/h5-22,25-26H,23-24H2,1-4H3/t33-,34-/m0/s1. The van der Waals surface area contributed by atoms with Gasteiger partial charge in [-0.05, 0) is 72.3 Å². The van der Waals surface area contributed by atoms with Crippen molar-refractivity contribution in [2.45, 2.75) is 39.5 Å². The van der Waals surface area contributed by atoms with Gasteiger partial charge in [0.2, 0.25) is 0 Å². The highest BCUT2D eigenvalue weighted by molar-refractivity contribution is 7.76. The first kappa shape index (κ1) is 24.9. The zero-order valence-corrected chi connectivity index (χ0v) is 22.6. The SMILES string of the molecule is CC(C)c1ccccc1[P@@](CC[P@@](c1ccccc1)c1ccccc1C(C)C)c1ccccc1. The van der Waals surface area contributed by atoms with Gasteiger partial charge in [-0.25, -0.2) is 0 Å². The third-order valence-electron chi connectivity index (χ3n) is 6.38. The fourth-order valence-electron chi connectivity index (χ4n) is 4.64. The smallest absolute Gasteiger partial charge is 0.0161 e. The summed E-state index contributed by atoms with van der Waals surface area (Å²) in [7, 11) is -0.852. The second kappa shape index (κ2) is 11.9. The third-order valence-corrected chi connectivity index (χ3v) is 11.9. The van der Waals surface area contributed by atoms with Gasteiger partial charge in [-0.3, -0.25) is 0 Å². The molecule has 174 valence electrons. The zero-order chi connectivity index (χ0) is 23.9. The molecule has 4 rings (SSSR count). The van der Waals surface area contributed by atoms with Crippen LogP contribution in [0.4, 0.5) is 0 Å². The van der Waals surface area contributed by atoms with Crippen molar-refractivity contribution >= 4 is 37.1 Å². The van der Waals surface area contributed by atoms with Gasteiger partial charge in [-0.1, -0.05) is 137 Å². The molecule has 0 amide bonds. The molecule has 0 fully saturated rings. The van der Waals surface area contributed by atoms with Crippen LogP contribution in [0.3, 0.4) is 0 Å². The molecule has 0 bridgehead atoms. The average Bonchev–Trinajstić information content (AvgIpc) is 2.88. The van der Waals surface area contributed by atoms with Crippen LogP contribution >= 0.6 is 15.8 Å². The Morgan fingerprint density at radius 2 is 0.765 bits per heavy atom. The minimum Gasteiger partial charge on any atom is -0.0622 e. The summed E-state index contributed by atoms with van der Waals surface area (Å²) in [6.07, 6.45) is 2.41. The quantitative estimate of drug-likeness (QED) is 0.217. The molecular weight excluding hydrogens is 446 g/mol. The molecule has 0 nitrogen and oxygen atoms in total. The lowest BCUT2D eigenvalue weighted by molar-refractivity contribution is 0.873. The molecule has 0 spiro atoms. The number of rotatable bonds is 9. The van der Waals surface area contributed by atoms with E-state index in [-0.39, 0.29) is 0 Å². The summed E-state index contributed by atoms with van der Waals surface area (Å²) in [6, 6.07) is 40.8. The molecule has 0 heterocycles. The van der Waals surface area contributed by atoms with Crippen LogP contribution in [0.15, 0.2) is 109 Å². The Hall–Kier alpha value is -2.26. The van der Waals surface area contributed by atoms with Gasteiger partial charge in [0.1, 0.15) is 0 Å². The summed E-state index contributed by atoms with van der Waals surface area (Å²) < 4.78 is 0. The van der Waals surface area contributed by atoms with Crippen LogP contribution in [0.25, 0.3) is 0 Å². The second-order valence-corrected chi connectivity index (χ2v) is 14.0. The van der Waals surface area contributed by atoms with Crippen LogP contribution in [0.1, 0.15) is 50.7 Å². The van der Waals surface area contributed by atoms with Crippen molar-refractivity contribution in [1.82, 2.24) is 0 Å². The van der Waals surface area contributed by atoms with Crippen molar-refractivity contribution in [2.75, 3.05) is 12.3 Å². The lowest BCUT2D eigenvalue weighted by atomic mass is 10.0. The first-order valence-electron chi connectivity index (χ1n) is 12.4. The first-order valence-corrected chi connectivity index (χ1v) is 15.4. The van der Waals surface area contributed by atoms with Crippen LogP contribution in [0.2, 0.25) is 0 Å². The molecule has 0 aromatic heterocycles. The van der Waals surface area contributed by atoms with Gasteiger partial charge < -0.3 is 0 Å². The molecule has 0 saturated carbocycles. The van der Waals surface area contributed by atoms with Gasteiger partial charge in [-0.2, -0.15) is 0 Å². The van der Waals surface area contributed by atoms with E-state index in [9.17, 15) is 0 Å². The minimum absolute atomic E-state index is 0.426. The van der Waals surface area contributed by atoms with Gasteiger partial charge in [0.15, 0.2) is 0 Å². The molecule has 0 unspecified atom stereocenters. The lowest BCUT2D eigenvalue weighted by Crippen LogP contribution is -2.23. The molecule has 0 saturated heterocycles. The molecule has 0 radical (unpaired) electrons. The molecule has 0 aliphatic carbocycles. The maximum Gasteiger partial charge on any atom is -0.0161 e. The predicted octanol–water partition coefficient (Wildman–Crippen LogP) is 7.50. The maximum absolute atomic E-state index is 2.39. The highest BCUT2D eigenvalue weighted by atomic mass is 31.1. The van der Waals surface area contributed by atoms with Crippen LogP contribution in [0.5, 0.6) is 0 Å². The summed E-state index contributed by atoms with van der Waals surface area (Å²) in [5.74, 6) is 1.06. The lowest BCUT2D eigenvalue weighted by Gasteiger charge is -2.28. The van der Waals surface area contributed by atoms with Crippen LogP contribution in [-0.2, 0) is 0 Å². The van der Waals surface area contributed by atoms with Gasteiger partial charge in [0, 0.05) is 0 Å². The molecule has 0 aliphatic rings. The second-order valence-electron chi connectivity index (χ2n) is 9.40. The summed E-state index contributed by atoms with van der Waals surface area (Å²) in [5, 5.41) is 6.09. The van der Waals surface area contributed by atoms with Gasteiger partial charge >= 0.3 is 0 Å². The highest BCUT2D eigenvalue weighted by Gasteiger charge is 2.23. The zero-order valence-electron chi connectivity index (χ0n) is 20.9. The van der Waals surface area contributed by atoms with Crippen LogP contribution in [0, 0.1) is 0 Å². The van der Waals surface area contributed by atoms with E-state index in [0.29, 0.717) is 11.8 Å². The van der Waals surface area contributed by atoms with Crippen molar-refractivity contribution in [3.05, 3.63) is 120 Å². The monoisotopic (exact) mass is 482 g/mol. The topological polar surface area (TPSA) is 0 Å². The van der Waals surface area contributed by atoms with E-state index in [2.05, 4.69) is 137 Å². The van der Waals surface area contributed by atoms with Gasteiger partial charge in [-0.15, -0.1) is 0 Å². The molecule has 4 aromatic carbocycles. The van der Waals surface area contributed by atoms with Crippen LogP contribution in [-0.4, -0.2) is 12.3 Å². The highest BCUT2D eigenvalue weighted by Crippen LogP contribution is 2.43. The minimum atomic E-state index is -0.426. The van der Waals surface area contributed by atoms with Crippen molar-refractivity contribution in [3.63, 3.8) is 0 Å². The fraction of sp³-hybridized carbons (Fsp3) is 0.250. The van der Waals surface area contributed by atoms with E-state index in [1.165, 1.54) is 34.1 Å². The van der Waals surface area contributed by atoms with Gasteiger partial charge in [0.25, 0.3) is 0 Å². The Morgan fingerprint density at radius 3 is 1.12 bits per heavy atom. The molecule has 4 aromatic rings. The molecule has 0 N–H and O–H groups in total. The summed E-state index contributed by atoms with van der Waals surface area (Å²) >= 11 is 0. The van der Waals surface area contributed by atoms with E-state index < -0.39 is 15.8 Å². The Kier molecular flexibility index (Phi) is 8.72. The largest absolute Gasteiger partial charge is 0.0622 e. The molecule has 34 heavy (non-hydrogen) atoms.